The highest BCUT2D eigenvalue weighted by molar-refractivity contribution is 5.95. The molecular formula is C23H20F9N4O5+. The number of benzene rings is 1. The zero-order valence-corrected chi connectivity index (χ0v) is 21.1. The van der Waals surface area contributed by atoms with Crippen LogP contribution in [0, 0.1) is 19.7 Å². The van der Waals surface area contributed by atoms with E-state index in [1.54, 1.807) is 0 Å². The van der Waals surface area contributed by atoms with E-state index in [9.17, 15) is 58.7 Å². The van der Waals surface area contributed by atoms with Gasteiger partial charge in [0.1, 0.15) is 10.7 Å². The number of H-pyrrole nitrogens is 1. The fraction of sp³-hybridized carbons (Fsp3) is 0.435. The van der Waals surface area contributed by atoms with E-state index in [-0.39, 0.29) is 38.6 Å². The van der Waals surface area contributed by atoms with E-state index in [1.165, 1.54) is 13.8 Å². The molecule has 1 aromatic heterocycles. The number of rotatable bonds is 5. The molecule has 0 radical (unpaired) electrons. The molecule has 0 saturated carbocycles. The Hall–Kier alpha value is -4.12. The molecule has 1 aliphatic heterocycles. The van der Waals surface area contributed by atoms with Crippen molar-refractivity contribution in [3.8, 4) is 0 Å². The second kappa shape index (κ2) is 11.0. The Balaban J connectivity index is 1.84. The molecule has 0 unspecified atom stereocenters. The number of hydrogen-bond acceptors (Lipinski definition) is 5. The Bertz CT molecular complexity index is 1430. The van der Waals surface area contributed by atoms with Crippen LogP contribution < -0.4 is 15.2 Å². The number of aromatic nitrogens is 2. The summed E-state index contributed by atoms with van der Waals surface area (Å²) in [7, 11) is 0. The summed E-state index contributed by atoms with van der Waals surface area (Å²) in [5.74, 6) is -12.8. The van der Waals surface area contributed by atoms with E-state index in [4.69, 9.17) is 0 Å². The van der Waals surface area contributed by atoms with E-state index >= 15 is 0 Å². The van der Waals surface area contributed by atoms with E-state index in [0.717, 1.165) is 23.1 Å². The molecule has 224 valence electrons. The van der Waals surface area contributed by atoms with Crippen LogP contribution in [0.2, 0.25) is 0 Å². The molecule has 1 aromatic carbocycles. The van der Waals surface area contributed by atoms with Gasteiger partial charge in [-0.15, -0.1) is 0 Å². The normalized spacial score (nSPS) is 14.7. The third-order valence-electron chi connectivity index (χ3n) is 6.30. The molecule has 0 aliphatic carbocycles. The largest absolute Gasteiger partial charge is 0.498 e. The van der Waals surface area contributed by atoms with Gasteiger partial charge >= 0.3 is 35.7 Å². The molecule has 0 spiro atoms. The first kappa shape index (κ1) is 31.4. The van der Waals surface area contributed by atoms with Crippen LogP contribution in [-0.4, -0.2) is 77.1 Å². The average molecular weight is 603 g/mol. The molecule has 1 saturated heterocycles. The summed E-state index contributed by atoms with van der Waals surface area (Å²) >= 11 is 0. The van der Waals surface area contributed by atoms with Gasteiger partial charge in [0.2, 0.25) is 0 Å². The van der Waals surface area contributed by atoms with Crippen molar-refractivity contribution < 1.29 is 63.6 Å². The monoisotopic (exact) mass is 603 g/mol. The quantitative estimate of drug-likeness (QED) is 0.416. The lowest BCUT2D eigenvalue weighted by atomic mass is 10.0. The van der Waals surface area contributed by atoms with Gasteiger partial charge in [0, 0.05) is 37.3 Å². The number of alkyl halides is 8. The minimum absolute atomic E-state index is 0.0567. The minimum atomic E-state index is -6.12. The van der Waals surface area contributed by atoms with Crippen LogP contribution in [0.25, 0.3) is 0 Å². The first-order valence-electron chi connectivity index (χ1n) is 11.5. The molecule has 1 fully saturated rings. The van der Waals surface area contributed by atoms with Crippen LogP contribution in [0.5, 0.6) is 0 Å². The first-order chi connectivity index (χ1) is 18.8. The number of carbonyl (C=O) groups excluding carboxylic acids is 3. The van der Waals surface area contributed by atoms with Gasteiger partial charge in [-0.1, -0.05) is 11.2 Å². The number of halogens is 9. The van der Waals surface area contributed by atoms with Crippen LogP contribution >= 0.6 is 0 Å². The van der Waals surface area contributed by atoms with Crippen molar-refractivity contribution >= 4 is 17.8 Å². The van der Waals surface area contributed by atoms with Crippen molar-refractivity contribution in [2.24, 2.45) is 0 Å². The maximum absolute atomic E-state index is 14.6. The van der Waals surface area contributed by atoms with Crippen LogP contribution in [0.1, 0.15) is 32.7 Å². The highest BCUT2D eigenvalue weighted by Crippen LogP contribution is 2.37. The van der Waals surface area contributed by atoms with Crippen LogP contribution in [0.4, 0.5) is 39.5 Å². The summed E-state index contributed by atoms with van der Waals surface area (Å²) in [6, 6.07) is 2.99. The van der Waals surface area contributed by atoms with Gasteiger partial charge in [-0.2, -0.15) is 40.0 Å². The second-order valence-electron chi connectivity index (χ2n) is 8.96. The summed E-state index contributed by atoms with van der Waals surface area (Å²) < 4.78 is 117. The molecule has 3 rings (SSSR count). The van der Waals surface area contributed by atoms with E-state index in [1.807, 2.05) is 5.10 Å². The SMILES string of the molecule is Cc1c(C)c(=O)[nH][n+](OC(=O)C(F)(F)F)c1Cc1ccc(F)c(C(=O)N2CCN(C(=O)C(F)(F)C(F)(F)F)CC2)c1. The fourth-order valence-corrected chi connectivity index (χ4v) is 3.84. The Labute approximate surface area is 224 Å². The highest BCUT2D eigenvalue weighted by Gasteiger charge is 2.64. The maximum Gasteiger partial charge on any atom is 0.498 e. The highest BCUT2D eigenvalue weighted by atomic mass is 19.4. The number of nitrogens with one attached hydrogen (secondary N) is 1. The molecule has 18 heteroatoms. The number of piperazine rings is 1. The zero-order chi connectivity index (χ0) is 31.1. The first-order valence-corrected chi connectivity index (χ1v) is 11.5. The van der Waals surface area contributed by atoms with E-state index < -0.39 is 79.2 Å². The van der Waals surface area contributed by atoms with Gasteiger partial charge < -0.3 is 9.80 Å². The van der Waals surface area contributed by atoms with Gasteiger partial charge in [0.05, 0.1) is 12.0 Å². The molecular weight excluding hydrogens is 583 g/mol. The lowest BCUT2D eigenvalue weighted by Crippen LogP contribution is -2.58. The van der Waals surface area contributed by atoms with Gasteiger partial charge in [0.25, 0.3) is 11.6 Å². The lowest BCUT2D eigenvalue weighted by molar-refractivity contribution is -0.921. The Kier molecular flexibility index (Phi) is 8.46. The van der Waals surface area contributed by atoms with Crippen LogP contribution in [0.15, 0.2) is 23.0 Å². The Morgan fingerprint density at radius 1 is 0.927 bits per heavy atom. The molecule has 2 heterocycles. The number of amides is 2. The smallest absolute Gasteiger partial charge is 0.335 e. The van der Waals surface area contributed by atoms with Gasteiger partial charge in [-0.3, -0.25) is 14.4 Å². The van der Waals surface area contributed by atoms with Gasteiger partial charge in [-0.05, 0) is 31.5 Å². The predicted octanol–water partition coefficient (Wildman–Crippen LogP) is 2.01. The van der Waals surface area contributed by atoms with Crippen molar-refractivity contribution in [3.05, 3.63) is 62.3 Å². The average Bonchev–Trinajstić information content (AvgIpc) is 2.88. The number of nitrogens with zero attached hydrogens (tertiary/aromatic N) is 3. The fourth-order valence-electron chi connectivity index (χ4n) is 3.84. The Morgan fingerprint density at radius 2 is 1.49 bits per heavy atom. The summed E-state index contributed by atoms with van der Waals surface area (Å²) in [6.45, 7) is 0.274. The third-order valence-corrected chi connectivity index (χ3v) is 6.30. The molecule has 0 bridgehead atoms. The molecule has 2 amide bonds. The van der Waals surface area contributed by atoms with Crippen LogP contribution in [0.3, 0.4) is 0 Å². The summed E-state index contributed by atoms with van der Waals surface area (Å²) in [5.41, 5.74) is -1.36. The van der Waals surface area contributed by atoms with Crippen molar-refractivity contribution in [2.45, 2.75) is 38.5 Å². The molecule has 41 heavy (non-hydrogen) atoms. The minimum Gasteiger partial charge on any atom is -0.335 e. The summed E-state index contributed by atoms with van der Waals surface area (Å²) in [5, 5.41) is 1.95. The summed E-state index contributed by atoms with van der Waals surface area (Å²) in [6.07, 6.45) is -11.9. The van der Waals surface area contributed by atoms with Crippen molar-refractivity contribution in [1.29, 1.82) is 0 Å². The lowest BCUT2D eigenvalue weighted by Gasteiger charge is -2.36. The Morgan fingerprint density at radius 3 is 2.02 bits per heavy atom. The molecule has 1 N–H and O–H groups in total. The number of aromatic amines is 1. The molecule has 2 aromatic rings. The van der Waals surface area contributed by atoms with E-state index in [2.05, 4.69) is 4.84 Å². The second-order valence-corrected chi connectivity index (χ2v) is 8.96. The molecule has 1 aliphatic rings. The van der Waals surface area contributed by atoms with E-state index in [0.29, 0.717) is 0 Å². The maximum atomic E-state index is 14.6. The van der Waals surface area contributed by atoms with Crippen LogP contribution in [-0.2, 0) is 16.0 Å². The van der Waals surface area contributed by atoms with Crippen molar-refractivity contribution in [1.82, 2.24) is 14.9 Å². The summed E-state index contributed by atoms with van der Waals surface area (Å²) in [4.78, 5) is 53.7. The molecule has 0 atom stereocenters. The zero-order valence-electron chi connectivity index (χ0n) is 21.1. The van der Waals surface area contributed by atoms with Crippen molar-refractivity contribution in [3.63, 3.8) is 0 Å². The third kappa shape index (κ3) is 6.45. The van der Waals surface area contributed by atoms with Gasteiger partial charge in [-0.25, -0.2) is 9.18 Å². The number of carbonyl (C=O) groups is 3. The number of hydrogen-bond donors (Lipinski definition) is 1. The standard InChI is InChI=1S/C23H19F9N4O5/c1-11-12(2)17(37)33-36(41-20(40)22(27,28)29)16(11)10-13-3-4-15(24)14(9-13)18(38)34-5-7-35(8-6-34)19(39)21(25,26)23(30,31)32/h3-4,9H,5-8,10H2,1-2H3/p+1. The van der Waals surface area contributed by atoms with Crippen molar-refractivity contribution in [2.75, 3.05) is 26.2 Å². The molecule has 9 nitrogen and oxygen atoms in total. The topological polar surface area (TPSA) is 104 Å². The van der Waals surface area contributed by atoms with Gasteiger partial charge in [0.15, 0.2) is 0 Å². The predicted molar refractivity (Wildman–Crippen MR) is 117 cm³/mol.